The van der Waals surface area contributed by atoms with Crippen LogP contribution in [0.1, 0.15) is 39.2 Å². The van der Waals surface area contributed by atoms with Crippen molar-refractivity contribution in [2.45, 2.75) is 32.4 Å². The molecule has 0 unspecified atom stereocenters. The highest BCUT2D eigenvalue weighted by Gasteiger charge is 2.34. The zero-order valence-electron chi connectivity index (χ0n) is 19.3. The van der Waals surface area contributed by atoms with E-state index in [4.69, 9.17) is 37.7 Å². The number of carbonyl (C=O) groups is 2. The number of aromatic amines is 1. The number of aryl methyl sites for hydroxylation is 1. The first kappa shape index (κ1) is 25.4. The molecular formula is C22H24Cl2N6O4S. The van der Waals surface area contributed by atoms with Gasteiger partial charge < -0.3 is 24.7 Å². The van der Waals surface area contributed by atoms with E-state index < -0.39 is 5.97 Å². The van der Waals surface area contributed by atoms with Crippen LogP contribution in [0.3, 0.4) is 0 Å². The molecule has 4 rings (SSSR count). The van der Waals surface area contributed by atoms with Crippen molar-refractivity contribution in [3.8, 4) is 11.4 Å². The normalized spacial score (nSPS) is 17.9. The molecule has 0 radical (unpaired) electrons. The Labute approximate surface area is 216 Å². The molecule has 2 atom stereocenters. The molecule has 13 heteroatoms. The van der Waals surface area contributed by atoms with Gasteiger partial charge in [-0.05, 0) is 26.3 Å². The third kappa shape index (κ3) is 5.27. The molecule has 0 spiro atoms. The zero-order chi connectivity index (χ0) is 25.1. The summed E-state index contributed by atoms with van der Waals surface area (Å²) < 4.78 is 10.9. The SMILES string of the molecule is CCOC(=O)c1sc(N2CC[C@@H](NC(=O)c3[nH]c(C)c(Cl)c3Cl)[C@@H](OC)C2)nc1-c1ccncn1. The molecule has 1 amide bonds. The Bertz CT molecular complexity index is 1220. The van der Waals surface area contributed by atoms with Crippen LogP contribution in [-0.4, -0.2) is 70.8 Å². The molecular weight excluding hydrogens is 515 g/mol. The number of amides is 1. The van der Waals surface area contributed by atoms with Gasteiger partial charge in [0, 0.05) is 32.1 Å². The molecule has 0 saturated carbocycles. The first-order valence-corrected chi connectivity index (χ1v) is 12.5. The number of anilines is 1. The van der Waals surface area contributed by atoms with Crippen LogP contribution >= 0.6 is 34.5 Å². The number of methoxy groups -OCH3 is 1. The number of H-pyrrole nitrogens is 1. The number of ether oxygens (including phenoxy) is 2. The van der Waals surface area contributed by atoms with Crippen LogP contribution in [0.2, 0.25) is 10.0 Å². The van der Waals surface area contributed by atoms with Gasteiger partial charge in [0.1, 0.15) is 22.6 Å². The molecule has 0 aromatic carbocycles. The van der Waals surface area contributed by atoms with E-state index in [2.05, 4.69) is 20.3 Å². The minimum atomic E-state index is -0.452. The summed E-state index contributed by atoms with van der Waals surface area (Å²) in [6.07, 6.45) is 3.27. The molecule has 1 saturated heterocycles. The van der Waals surface area contributed by atoms with E-state index in [9.17, 15) is 9.59 Å². The summed E-state index contributed by atoms with van der Waals surface area (Å²) >= 11 is 13.5. The number of halogens is 2. The second-order valence-electron chi connectivity index (χ2n) is 7.83. The molecule has 4 heterocycles. The number of piperidine rings is 1. The van der Waals surface area contributed by atoms with Gasteiger partial charge >= 0.3 is 5.97 Å². The number of esters is 1. The van der Waals surface area contributed by atoms with E-state index in [0.717, 1.165) is 0 Å². The average Bonchev–Trinajstić information content (AvgIpc) is 3.42. The van der Waals surface area contributed by atoms with E-state index in [1.54, 1.807) is 33.2 Å². The van der Waals surface area contributed by atoms with Gasteiger partial charge in [-0.15, -0.1) is 0 Å². The van der Waals surface area contributed by atoms with Crippen LogP contribution in [0, 0.1) is 6.92 Å². The Morgan fingerprint density at radius 2 is 2.14 bits per heavy atom. The third-order valence-corrected chi connectivity index (χ3v) is 7.67. The van der Waals surface area contributed by atoms with Crippen LogP contribution in [-0.2, 0) is 9.47 Å². The van der Waals surface area contributed by atoms with Crippen LogP contribution in [0.25, 0.3) is 11.4 Å². The van der Waals surface area contributed by atoms with Crippen molar-refractivity contribution in [1.82, 2.24) is 25.3 Å². The monoisotopic (exact) mass is 538 g/mol. The van der Waals surface area contributed by atoms with Gasteiger partial charge in [0.15, 0.2) is 5.13 Å². The second-order valence-corrected chi connectivity index (χ2v) is 9.56. The zero-order valence-corrected chi connectivity index (χ0v) is 21.6. The highest BCUT2D eigenvalue weighted by Crippen LogP contribution is 2.35. The predicted molar refractivity (Wildman–Crippen MR) is 134 cm³/mol. The summed E-state index contributed by atoms with van der Waals surface area (Å²) in [6, 6.07) is 1.44. The maximum absolute atomic E-state index is 12.8. The molecule has 2 N–H and O–H groups in total. The largest absolute Gasteiger partial charge is 0.462 e. The topological polar surface area (TPSA) is 122 Å². The smallest absolute Gasteiger partial charge is 0.350 e. The van der Waals surface area contributed by atoms with E-state index in [0.29, 0.717) is 51.6 Å². The average molecular weight is 539 g/mol. The summed E-state index contributed by atoms with van der Waals surface area (Å²) in [5.74, 6) is -0.803. The first-order chi connectivity index (χ1) is 16.8. The molecule has 0 bridgehead atoms. The number of thiazole rings is 1. The number of hydrogen-bond acceptors (Lipinski definition) is 9. The Morgan fingerprint density at radius 1 is 1.34 bits per heavy atom. The molecule has 1 aliphatic heterocycles. The van der Waals surface area contributed by atoms with Gasteiger partial charge in [-0.2, -0.15) is 0 Å². The summed E-state index contributed by atoms with van der Waals surface area (Å²) in [5, 5.41) is 4.16. The van der Waals surface area contributed by atoms with Crippen LogP contribution in [0.15, 0.2) is 18.6 Å². The predicted octanol–water partition coefficient (Wildman–Crippen LogP) is 3.74. The fourth-order valence-electron chi connectivity index (χ4n) is 3.85. The Kier molecular flexibility index (Phi) is 7.90. The van der Waals surface area contributed by atoms with E-state index in [1.165, 1.54) is 17.7 Å². The molecule has 0 aliphatic carbocycles. The Morgan fingerprint density at radius 3 is 2.77 bits per heavy atom. The Balaban J connectivity index is 1.53. The summed E-state index contributed by atoms with van der Waals surface area (Å²) in [5.41, 5.74) is 1.83. The molecule has 10 nitrogen and oxygen atoms in total. The van der Waals surface area contributed by atoms with Gasteiger partial charge in [0.25, 0.3) is 5.91 Å². The first-order valence-electron chi connectivity index (χ1n) is 10.9. The van der Waals surface area contributed by atoms with E-state index in [-0.39, 0.29) is 35.4 Å². The second kappa shape index (κ2) is 10.9. The van der Waals surface area contributed by atoms with Crippen molar-refractivity contribution in [3.63, 3.8) is 0 Å². The van der Waals surface area contributed by atoms with Crippen molar-refractivity contribution < 1.29 is 19.1 Å². The molecule has 1 fully saturated rings. The fraction of sp³-hybridized carbons (Fsp3) is 0.409. The Hall–Kier alpha value is -2.73. The van der Waals surface area contributed by atoms with Crippen molar-refractivity contribution >= 4 is 51.5 Å². The lowest BCUT2D eigenvalue weighted by Gasteiger charge is -2.37. The number of hydrogen-bond donors (Lipinski definition) is 2. The van der Waals surface area contributed by atoms with Crippen molar-refractivity contribution in [2.24, 2.45) is 0 Å². The summed E-state index contributed by atoms with van der Waals surface area (Å²) in [4.78, 5) is 43.6. The van der Waals surface area contributed by atoms with E-state index in [1.807, 2.05) is 4.90 Å². The number of rotatable bonds is 7. The maximum atomic E-state index is 12.8. The van der Waals surface area contributed by atoms with Gasteiger partial charge in [0.2, 0.25) is 0 Å². The van der Waals surface area contributed by atoms with Crippen molar-refractivity contribution in [1.29, 1.82) is 0 Å². The minimum Gasteiger partial charge on any atom is -0.462 e. The molecule has 1 aliphatic rings. The van der Waals surface area contributed by atoms with Gasteiger partial charge in [-0.25, -0.2) is 19.7 Å². The molecule has 3 aromatic rings. The van der Waals surface area contributed by atoms with E-state index >= 15 is 0 Å². The molecule has 35 heavy (non-hydrogen) atoms. The highest BCUT2D eigenvalue weighted by atomic mass is 35.5. The minimum absolute atomic E-state index is 0.194. The lowest BCUT2D eigenvalue weighted by atomic mass is 10.0. The number of aromatic nitrogens is 4. The molecule has 3 aromatic heterocycles. The van der Waals surface area contributed by atoms with Crippen molar-refractivity contribution in [3.05, 3.63) is 44.9 Å². The number of nitrogens with one attached hydrogen (secondary N) is 2. The van der Waals surface area contributed by atoms with Crippen molar-refractivity contribution in [2.75, 3.05) is 31.7 Å². The summed E-state index contributed by atoms with van der Waals surface area (Å²) in [7, 11) is 1.59. The maximum Gasteiger partial charge on any atom is 0.350 e. The third-order valence-electron chi connectivity index (χ3n) is 5.63. The van der Waals surface area contributed by atoms with Crippen LogP contribution in [0.4, 0.5) is 5.13 Å². The number of nitrogens with zero attached hydrogens (tertiary/aromatic N) is 4. The quantitative estimate of drug-likeness (QED) is 0.436. The van der Waals surface area contributed by atoms with Gasteiger partial charge in [0.05, 0.1) is 34.5 Å². The molecule has 186 valence electrons. The van der Waals surface area contributed by atoms with Gasteiger partial charge in [-0.3, -0.25) is 4.79 Å². The van der Waals surface area contributed by atoms with Gasteiger partial charge in [-0.1, -0.05) is 34.5 Å². The lowest BCUT2D eigenvalue weighted by Crippen LogP contribution is -2.55. The lowest BCUT2D eigenvalue weighted by molar-refractivity contribution is 0.0531. The fourth-order valence-corrected chi connectivity index (χ4v) is 5.27. The van der Waals surface area contributed by atoms with Crippen LogP contribution in [0.5, 0.6) is 0 Å². The highest BCUT2D eigenvalue weighted by molar-refractivity contribution is 7.17. The number of carbonyl (C=O) groups excluding carboxylic acids is 2. The summed E-state index contributed by atoms with van der Waals surface area (Å²) in [6.45, 7) is 4.79. The van der Waals surface area contributed by atoms with Crippen LogP contribution < -0.4 is 10.2 Å². The standard InChI is InChI=1S/C22H24Cl2N6O4S/c1-4-34-21(32)19-17(13-5-7-25-10-26-13)29-22(35-19)30-8-6-12(14(9-30)33-3)28-20(31)18-16(24)15(23)11(2)27-18/h5,7,10,12,14,27H,4,6,8-9H2,1-3H3,(H,28,31)/t12-,14+/m1/s1.